The summed E-state index contributed by atoms with van der Waals surface area (Å²) in [5.41, 5.74) is 2.84. The summed E-state index contributed by atoms with van der Waals surface area (Å²) in [5.74, 6) is 0.558. The van der Waals surface area contributed by atoms with E-state index in [4.69, 9.17) is 11.6 Å². The Morgan fingerprint density at radius 2 is 1.96 bits per heavy atom. The smallest absolute Gasteiger partial charge is 0.270 e. The molecule has 2 N–H and O–H groups in total. The first-order chi connectivity index (χ1) is 10.8. The topological polar surface area (TPSA) is 66.9 Å². The van der Waals surface area contributed by atoms with Crippen LogP contribution in [0.3, 0.4) is 0 Å². The van der Waals surface area contributed by atoms with Crippen LogP contribution in [-0.2, 0) is 0 Å². The maximum absolute atomic E-state index is 12.2. The lowest BCUT2D eigenvalue weighted by molar-refractivity contribution is 0.0944. The van der Waals surface area contributed by atoms with E-state index in [9.17, 15) is 4.79 Å². The lowest BCUT2D eigenvalue weighted by atomic mass is 10.2. The average Bonchev–Trinajstić information content (AvgIpc) is 2.48. The monoisotopic (exact) mass is 332 g/mol. The van der Waals surface area contributed by atoms with E-state index >= 15 is 0 Å². The molecule has 2 aromatic rings. The third-order valence-corrected chi connectivity index (χ3v) is 3.59. The van der Waals surface area contributed by atoms with E-state index in [1.807, 2.05) is 39.8 Å². The van der Waals surface area contributed by atoms with E-state index in [0.29, 0.717) is 29.1 Å². The van der Waals surface area contributed by atoms with Crippen LogP contribution in [0.2, 0.25) is 5.02 Å². The molecule has 6 heteroatoms. The summed E-state index contributed by atoms with van der Waals surface area (Å²) in [6, 6.07) is 7.28. The summed E-state index contributed by atoms with van der Waals surface area (Å²) in [7, 11) is 0. The molecule has 0 spiro atoms. The molecule has 0 fully saturated rings. The van der Waals surface area contributed by atoms with Gasteiger partial charge in [0.1, 0.15) is 5.69 Å². The van der Waals surface area contributed by atoms with Gasteiger partial charge in [-0.25, -0.2) is 9.97 Å². The van der Waals surface area contributed by atoms with Crippen molar-refractivity contribution in [2.45, 2.75) is 27.7 Å². The second-order valence-electron chi connectivity index (χ2n) is 5.91. The van der Waals surface area contributed by atoms with Crippen LogP contribution in [0.1, 0.15) is 35.6 Å². The lowest BCUT2D eigenvalue weighted by Crippen LogP contribution is -2.28. The number of nitrogens with zero attached hydrogens (tertiary/aromatic N) is 2. The van der Waals surface area contributed by atoms with Crippen molar-refractivity contribution in [3.63, 3.8) is 0 Å². The normalized spacial score (nSPS) is 10.7. The first kappa shape index (κ1) is 17.2. The number of carbonyl (C=O) groups is 1. The maximum atomic E-state index is 12.2. The second kappa shape index (κ2) is 7.42. The molecule has 1 aromatic carbocycles. The number of aryl methyl sites for hydroxylation is 2. The van der Waals surface area contributed by atoms with Gasteiger partial charge >= 0.3 is 0 Å². The number of anilines is 2. The molecule has 0 unspecified atom stereocenters. The average molecular weight is 333 g/mol. The Morgan fingerprint density at radius 1 is 1.22 bits per heavy atom. The van der Waals surface area contributed by atoms with Gasteiger partial charge < -0.3 is 10.6 Å². The standard InChI is InChI=1S/C17H21ClN4O/c1-10(2)9-19-16(23)15-7-12(4)20-17(22-15)21-13-6-5-11(3)14(18)8-13/h5-8,10H,9H2,1-4H3,(H,19,23)(H,20,21,22). The van der Waals surface area contributed by atoms with E-state index in [0.717, 1.165) is 16.9 Å². The highest BCUT2D eigenvalue weighted by Crippen LogP contribution is 2.22. The lowest BCUT2D eigenvalue weighted by Gasteiger charge is -2.10. The fraction of sp³-hybridized carbons (Fsp3) is 0.353. The summed E-state index contributed by atoms with van der Waals surface area (Å²) in [6.07, 6.45) is 0. The number of carbonyl (C=O) groups excluding carboxylic acids is 1. The number of aromatic nitrogens is 2. The zero-order chi connectivity index (χ0) is 17.0. The van der Waals surface area contributed by atoms with Gasteiger partial charge in [0, 0.05) is 22.9 Å². The third-order valence-electron chi connectivity index (χ3n) is 3.19. The fourth-order valence-corrected chi connectivity index (χ4v) is 2.11. The van der Waals surface area contributed by atoms with Crippen LogP contribution >= 0.6 is 11.6 Å². The molecule has 0 bridgehead atoms. The minimum atomic E-state index is -0.200. The Balaban J connectivity index is 2.19. The summed E-state index contributed by atoms with van der Waals surface area (Å²) in [6.45, 7) is 8.46. The molecule has 0 aliphatic heterocycles. The molecule has 2 rings (SSSR count). The van der Waals surface area contributed by atoms with Crippen LogP contribution in [0.4, 0.5) is 11.6 Å². The third kappa shape index (κ3) is 4.93. The van der Waals surface area contributed by atoms with Gasteiger partial charge in [-0.15, -0.1) is 0 Å². The largest absolute Gasteiger partial charge is 0.350 e. The minimum absolute atomic E-state index is 0.200. The van der Waals surface area contributed by atoms with Crippen molar-refractivity contribution in [2.24, 2.45) is 5.92 Å². The first-order valence-corrected chi connectivity index (χ1v) is 7.90. The van der Waals surface area contributed by atoms with Gasteiger partial charge in [-0.2, -0.15) is 0 Å². The molecule has 1 amide bonds. The van der Waals surface area contributed by atoms with Crippen molar-refractivity contribution >= 4 is 29.1 Å². The SMILES string of the molecule is Cc1cc(C(=O)NCC(C)C)nc(Nc2ccc(C)c(Cl)c2)n1. The van der Waals surface area contributed by atoms with E-state index in [-0.39, 0.29) is 5.91 Å². The molecule has 0 saturated carbocycles. The number of hydrogen-bond donors (Lipinski definition) is 2. The second-order valence-corrected chi connectivity index (χ2v) is 6.32. The van der Waals surface area contributed by atoms with Crippen LogP contribution in [0.5, 0.6) is 0 Å². The Labute approximate surface area is 141 Å². The van der Waals surface area contributed by atoms with Crippen molar-refractivity contribution in [1.29, 1.82) is 0 Å². The highest BCUT2D eigenvalue weighted by Gasteiger charge is 2.11. The Hall–Kier alpha value is -2.14. The number of amides is 1. The summed E-state index contributed by atoms with van der Waals surface area (Å²) in [5, 5.41) is 6.61. The van der Waals surface area contributed by atoms with Gasteiger partial charge in [0.2, 0.25) is 5.95 Å². The zero-order valence-corrected chi connectivity index (χ0v) is 14.5. The molecule has 0 aliphatic rings. The fourth-order valence-electron chi connectivity index (χ4n) is 1.93. The predicted octanol–water partition coefficient (Wildman–Crippen LogP) is 3.88. The molecule has 122 valence electrons. The van der Waals surface area contributed by atoms with Crippen molar-refractivity contribution in [2.75, 3.05) is 11.9 Å². The number of rotatable bonds is 5. The van der Waals surface area contributed by atoms with Crippen molar-refractivity contribution in [3.8, 4) is 0 Å². The van der Waals surface area contributed by atoms with E-state index < -0.39 is 0 Å². The van der Waals surface area contributed by atoms with Crippen LogP contribution < -0.4 is 10.6 Å². The molecule has 0 atom stereocenters. The number of halogens is 1. The van der Waals surface area contributed by atoms with E-state index in [2.05, 4.69) is 20.6 Å². The van der Waals surface area contributed by atoms with E-state index in [1.54, 1.807) is 12.1 Å². The van der Waals surface area contributed by atoms with Crippen LogP contribution in [0.15, 0.2) is 24.3 Å². The molecule has 1 aromatic heterocycles. The Morgan fingerprint density at radius 3 is 2.61 bits per heavy atom. The molecule has 1 heterocycles. The van der Waals surface area contributed by atoms with Crippen LogP contribution in [-0.4, -0.2) is 22.4 Å². The molecule has 5 nitrogen and oxygen atoms in total. The van der Waals surface area contributed by atoms with Gasteiger partial charge in [-0.05, 0) is 43.5 Å². The maximum Gasteiger partial charge on any atom is 0.270 e. The van der Waals surface area contributed by atoms with Crippen LogP contribution in [0, 0.1) is 19.8 Å². The summed E-state index contributed by atoms with van der Waals surface area (Å²) < 4.78 is 0. The number of benzene rings is 1. The van der Waals surface area contributed by atoms with Crippen LogP contribution in [0.25, 0.3) is 0 Å². The molecule has 0 aliphatic carbocycles. The molecular formula is C17H21ClN4O. The van der Waals surface area contributed by atoms with Gasteiger partial charge in [0.15, 0.2) is 0 Å². The van der Waals surface area contributed by atoms with Gasteiger partial charge in [0.25, 0.3) is 5.91 Å². The van der Waals surface area contributed by atoms with Crippen molar-refractivity contribution < 1.29 is 4.79 Å². The van der Waals surface area contributed by atoms with Crippen molar-refractivity contribution in [3.05, 3.63) is 46.2 Å². The molecule has 0 radical (unpaired) electrons. The Bertz CT molecular complexity index is 716. The highest BCUT2D eigenvalue weighted by atomic mass is 35.5. The quantitative estimate of drug-likeness (QED) is 0.872. The van der Waals surface area contributed by atoms with Gasteiger partial charge in [-0.1, -0.05) is 31.5 Å². The number of nitrogens with one attached hydrogen (secondary N) is 2. The molecule has 23 heavy (non-hydrogen) atoms. The van der Waals surface area contributed by atoms with E-state index in [1.165, 1.54) is 0 Å². The first-order valence-electron chi connectivity index (χ1n) is 7.52. The van der Waals surface area contributed by atoms with Gasteiger partial charge in [-0.3, -0.25) is 4.79 Å². The number of hydrogen-bond acceptors (Lipinski definition) is 4. The zero-order valence-electron chi connectivity index (χ0n) is 13.8. The molecular weight excluding hydrogens is 312 g/mol. The highest BCUT2D eigenvalue weighted by molar-refractivity contribution is 6.31. The summed E-state index contributed by atoms with van der Waals surface area (Å²) >= 11 is 6.12. The minimum Gasteiger partial charge on any atom is -0.350 e. The van der Waals surface area contributed by atoms with Gasteiger partial charge in [0.05, 0.1) is 0 Å². The summed E-state index contributed by atoms with van der Waals surface area (Å²) in [4.78, 5) is 20.7. The molecule has 0 saturated heterocycles. The predicted molar refractivity (Wildman–Crippen MR) is 93.4 cm³/mol. The van der Waals surface area contributed by atoms with Crippen molar-refractivity contribution in [1.82, 2.24) is 15.3 Å². The Kier molecular flexibility index (Phi) is 5.55.